The van der Waals surface area contributed by atoms with Gasteiger partial charge in [0.1, 0.15) is 0 Å². The third-order valence-electron chi connectivity index (χ3n) is 9.16. The van der Waals surface area contributed by atoms with Crippen LogP contribution in [0.4, 0.5) is 17.1 Å². The number of benzene rings is 5. The molecule has 39 heavy (non-hydrogen) atoms. The first kappa shape index (κ1) is 23.1. The second-order valence-corrected chi connectivity index (χ2v) is 13.1. The second kappa shape index (κ2) is 7.86. The average Bonchev–Trinajstić information content (AvgIpc) is 3.30. The fraction of sp³-hybridized carbons (Fsp3) is 0.167. The van der Waals surface area contributed by atoms with Crippen LogP contribution in [0, 0.1) is 20.8 Å². The quantitative estimate of drug-likeness (QED) is 0.199. The Kier molecular flexibility index (Phi) is 4.66. The van der Waals surface area contributed by atoms with Crippen molar-refractivity contribution in [1.29, 1.82) is 0 Å². The maximum atomic E-state index is 2.51. The Hall–Kier alpha value is -3.82. The van der Waals surface area contributed by atoms with Crippen LogP contribution in [0.1, 0.15) is 41.7 Å². The second-order valence-electron chi connectivity index (χ2n) is 12.0. The Morgan fingerprint density at radius 2 is 1.44 bits per heavy atom. The van der Waals surface area contributed by atoms with Crippen molar-refractivity contribution in [2.75, 3.05) is 4.90 Å². The van der Waals surface area contributed by atoms with Crippen LogP contribution in [0.2, 0.25) is 0 Å². The van der Waals surface area contributed by atoms with Gasteiger partial charge in [-0.25, -0.2) is 0 Å². The summed E-state index contributed by atoms with van der Waals surface area (Å²) in [7, 11) is 0. The molecule has 2 aliphatic rings. The van der Waals surface area contributed by atoms with Gasteiger partial charge in [-0.05, 0) is 95.6 Å². The number of fused-ring (bicyclic) bond motifs is 8. The zero-order chi connectivity index (χ0) is 26.6. The van der Waals surface area contributed by atoms with Crippen LogP contribution >= 0.6 is 11.3 Å². The topological polar surface area (TPSA) is 3.24 Å². The third kappa shape index (κ3) is 3.03. The molecule has 6 aromatic rings. The summed E-state index contributed by atoms with van der Waals surface area (Å²) in [5.41, 5.74) is 15.0. The van der Waals surface area contributed by atoms with Gasteiger partial charge in [0, 0.05) is 31.9 Å². The van der Waals surface area contributed by atoms with E-state index < -0.39 is 0 Å². The zero-order valence-electron chi connectivity index (χ0n) is 23.1. The van der Waals surface area contributed by atoms with E-state index in [9.17, 15) is 0 Å². The summed E-state index contributed by atoms with van der Waals surface area (Å²) in [4.78, 5) is 2.51. The predicted octanol–water partition coefficient (Wildman–Crippen LogP) is 7.92. The molecule has 3 heteroatoms. The van der Waals surface area contributed by atoms with E-state index in [-0.39, 0.29) is 12.1 Å². The summed E-state index contributed by atoms with van der Waals surface area (Å²) in [6.45, 7) is 11.8. The number of aryl methyl sites for hydroxylation is 3. The molecule has 0 fully saturated rings. The molecule has 188 valence electrons. The van der Waals surface area contributed by atoms with E-state index in [0.717, 1.165) is 0 Å². The van der Waals surface area contributed by atoms with E-state index in [2.05, 4.69) is 131 Å². The standard InChI is InChI=1S/C36H30BNS/c1-21-10-14-24(15-11-21)38-28-17-12-22(2)20-27(28)37-34-26(36(4,5)33-23(3)13-18-29(38)35(33)37)16-19-31-32(34)25-8-6-7-9-30(25)39-31/h6-20H,1-5H3. The number of hydrogen-bond acceptors (Lipinski definition) is 2. The fourth-order valence-electron chi connectivity index (χ4n) is 7.52. The molecule has 2 aliphatic heterocycles. The Labute approximate surface area is 234 Å². The van der Waals surface area contributed by atoms with Crippen molar-refractivity contribution in [1.82, 2.24) is 0 Å². The molecule has 0 saturated carbocycles. The lowest BCUT2D eigenvalue weighted by molar-refractivity contribution is 0.642. The van der Waals surface area contributed by atoms with Crippen molar-refractivity contribution < 1.29 is 0 Å². The number of thiophene rings is 1. The van der Waals surface area contributed by atoms with Crippen LogP contribution in [0.3, 0.4) is 0 Å². The van der Waals surface area contributed by atoms with Gasteiger partial charge >= 0.3 is 0 Å². The van der Waals surface area contributed by atoms with E-state index in [1.165, 1.54) is 81.4 Å². The van der Waals surface area contributed by atoms with Crippen molar-refractivity contribution in [3.63, 3.8) is 0 Å². The molecule has 0 spiro atoms. The van der Waals surface area contributed by atoms with Crippen molar-refractivity contribution in [2.45, 2.75) is 40.0 Å². The molecule has 0 amide bonds. The Balaban J connectivity index is 1.56. The molecule has 0 aliphatic carbocycles. The molecule has 0 bridgehead atoms. The van der Waals surface area contributed by atoms with Gasteiger partial charge < -0.3 is 4.90 Å². The number of nitrogens with zero attached hydrogens (tertiary/aromatic N) is 1. The maximum absolute atomic E-state index is 2.51. The first-order valence-corrected chi connectivity index (χ1v) is 14.7. The minimum atomic E-state index is -0.112. The predicted molar refractivity (Wildman–Crippen MR) is 171 cm³/mol. The molecule has 5 aromatic carbocycles. The van der Waals surface area contributed by atoms with Gasteiger partial charge in [-0.1, -0.05) is 85.0 Å². The first-order chi connectivity index (χ1) is 18.8. The van der Waals surface area contributed by atoms with Crippen LogP contribution in [-0.4, -0.2) is 6.71 Å². The highest BCUT2D eigenvalue weighted by atomic mass is 32.1. The summed E-state index contributed by atoms with van der Waals surface area (Å²) in [5.74, 6) is 0. The minimum Gasteiger partial charge on any atom is -0.312 e. The smallest absolute Gasteiger partial charge is 0.248 e. The molecule has 1 aromatic heterocycles. The number of anilines is 3. The molecular formula is C36H30BNS. The van der Waals surface area contributed by atoms with E-state index in [4.69, 9.17) is 0 Å². The lowest BCUT2D eigenvalue weighted by atomic mass is 9.29. The van der Waals surface area contributed by atoms with E-state index in [0.29, 0.717) is 0 Å². The summed E-state index contributed by atoms with van der Waals surface area (Å²) >= 11 is 1.93. The number of hydrogen-bond donors (Lipinski definition) is 0. The van der Waals surface area contributed by atoms with Gasteiger partial charge in [-0.2, -0.15) is 0 Å². The van der Waals surface area contributed by atoms with Gasteiger partial charge in [-0.3, -0.25) is 0 Å². The SMILES string of the molecule is Cc1ccc(N2c3ccc(C)cc3B3c4c2ccc(C)c4C(C)(C)c2ccc4sc5ccccc5c4c23)cc1. The minimum absolute atomic E-state index is 0.112. The van der Waals surface area contributed by atoms with Gasteiger partial charge in [0.05, 0.1) is 0 Å². The summed E-state index contributed by atoms with van der Waals surface area (Å²) in [6.07, 6.45) is 0. The molecule has 0 unspecified atom stereocenters. The average molecular weight is 520 g/mol. The molecule has 0 atom stereocenters. The molecule has 0 saturated heterocycles. The highest BCUT2D eigenvalue weighted by Gasteiger charge is 2.47. The maximum Gasteiger partial charge on any atom is 0.248 e. The lowest BCUT2D eigenvalue weighted by Crippen LogP contribution is -2.64. The largest absolute Gasteiger partial charge is 0.312 e. The van der Waals surface area contributed by atoms with Crippen LogP contribution in [0.5, 0.6) is 0 Å². The molecule has 3 heterocycles. The Morgan fingerprint density at radius 1 is 0.692 bits per heavy atom. The van der Waals surface area contributed by atoms with Gasteiger partial charge in [0.25, 0.3) is 0 Å². The fourth-order valence-corrected chi connectivity index (χ4v) is 8.64. The van der Waals surface area contributed by atoms with Crippen LogP contribution in [0.15, 0.2) is 91.0 Å². The van der Waals surface area contributed by atoms with E-state index in [1.54, 1.807) is 0 Å². The van der Waals surface area contributed by atoms with Crippen molar-refractivity contribution >= 4 is 71.7 Å². The highest BCUT2D eigenvalue weighted by molar-refractivity contribution is 7.26. The van der Waals surface area contributed by atoms with Crippen molar-refractivity contribution in [2.24, 2.45) is 0 Å². The molecule has 1 nitrogen and oxygen atoms in total. The normalized spacial score (nSPS) is 14.9. The monoisotopic (exact) mass is 519 g/mol. The van der Waals surface area contributed by atoms with Crippen LogP contribution in [0.25, 0.3) is 20.2 Å². The van der Waals surface area contributed by atoms with E-state index >= 15 is 0 Å². The molecule has 0 N–H and O–H groups in total. The molecule has 8 rings (SSSR count). The third-order valence-corrected chi connectivity index (χ3v) is 10.3. The summed E-state index contributed by atoms with van der Waals surface area (Å²) in [6, 6.07) is 34.6. The van der Waals surface area contributed by atoms with Gasteiger partial charge in [0.2, 0.25) is 6.71 Å². The highest BCUT2D eigenvalue weighted by Crippen LogP contribution is 2.45. The van der Waals surface area contributed by atoms with Crippen molar-refractivity contribution in [3.8, 4) is 0 Å². The van der Waals surface area contributed by atoms with Gasteiger partial charge in [0.15, 0.2) is 0 Å². The summed E-state index contributed by atoms with van der Waals surface area (Å²) in [5, 5.41) is 2.83. The molecule has 0 radical (unpaired) electrons. The van der Waals surface area contributed by atoms with Crippen LogP contribution in [-0.2, 0) is 5.41 Å². The zero-order valence-corrected chi connectivity index (χ0v) is 23.9. The van der Waals surface area contributed by atoms with Crippen LogP contribution < -0.4 is 21.3 Å². The van der Waals surface area contributed by atoms with Gasteiger partial charge in [-0.15, -0.1) is 11.3 Å². The first-order valence-electron chi connectivity index (χ1n) is 13.9. The molecular weight excluding hydrogens is 489 g/mol. The number of rotatable bonds is 1. The lowest BCUT2D eigenvalue weighted by Gasteiger charge is -2.46. The van der Waals surface area contributed by atoms with Crippen molar-refractivity contribution in [3.05, 3.63) is 119 Å². The summed E-state index contributed by atoms with van der Waals surface area (Å²) < 4.78 is 2.76. The Bertz CT molecular complexity index is 1980. The van der Waals surface area contributed by atoms with E-state index in [1.807, 2.05) is 11.3 Å². The Morgan fingerprint density at radius 3 is 2.26 bits per heavy atom.